The van der Waals surface area contributed by atoms with Gasteiger partial charge in [-0.05, 0) is 25.5 Å². The maximum Gasteiger partial charge on any atom is 0.234 e. The number of hydrogen-bond acceptors (Lipinski definition) is 4. The number of benzene rings is 1. The van der Waals surface area contributed by atoms with Gasteiger partial charge in [0.1, 0.15) is 5.82 Å². The van der Waals surface area contributed by atoms with Crippen molar-refractivity contribution in [2.75, 3.05) is 24.5 Å². The molecule has 6 heteroatoms. The molecule has 3 heterocycles. The molecular formula is C20H26N4O2. The number of hydrogen-bond donors (Lipinski definition) is 1. The summed E-state index contributed by atoms with van der Waals surface area (Å²) in [7, 11) is 0. The Balaban J connectivity index is 1.52. The van der Waals surface area contributed by atoms with Gasteiger partial charge in [0.25, 0.3) is 0 Å². The van der Waals surface area contributed by atoms with Gasteiger partial charge in [-0.1, -0.05) is 18.2 Å². The Bertz CT molecular complexity index is 814. The largest absolute Gasteiger partial charge is 0.391 e. The van der Waals surface area contributed by atoms with Crippen LogP contribution in [0.1, 0.15) is 25.2 Å². The van der Waals surface area contributed by atoms with Crippen LogP contribution in [0.5, 0.6) is 0 Å². The van der Waals surface area contributed by atoms with Gasteiger partial charge in [-0.15, -0.1) is 0 Å². The van der Waals surface area contributed by atoms with Crippen molar-refractivity contribution < 1.29 is 9.90 Å². The second kappa shape index (κ2) is 6.52. The predicted octanol–water partition coefficient (Wildman–Crippen LogP) is 1.68. The molecule has 0 radical (unpaired) electrons. The number of aliphatic hydroxyl groups excluding tert-OH is 1. The maximum absolute atomic E-state index is 13.4. The van der Waals surface area contributed by atoms with Crippen LogP contribution >= 0.6 is 0 Å². The zero-order valence-electron chi connectivity index (χ0n) is 15.4. The highest BCUT2D eigenvalue weighted by Crippen LogP contribution is 2.32. The van der Waals surface area contributed by atoms with Crippen LogP contribution in [0.2, 0.25) is 0 Å². The van der Waals surface area contributed by atoms with Gasteiger partial charge in [-0.25, -0.2) is 4.98 Å². The number of amides is 1. The molecule has 138 valence electrons. The van der Waals surface area contributed by atoms with E-state index in [1.165, 1.54) is 0 Å². The van der Waals surface area contributed by atoms with Gasteiger partial charge >= 0.3 is 0 Å². The number of imidazole rings is 1. The fourth-order valence-corrected chi connectivity index (χ4v) is 4.12. The smallest absolute Gasteiger partial charge is 0.234 e. The Kier molecular flexibility index (Phi) is 4.32. The molecule has 1 N–H and O–H groups in total. The van der Waals surface area contributed by atoms with E-state index >= 15 is 0 Å². The lowest BCUT2D eigenvalue weighted by Crippen LogP contribution is -2.52. The molecule has 0 bridgehead atoms. The average Bonchev–Trinajstić information content (AvgIpc) is 3.07. The first-order chi connectivity index (χ1) is 12.4. The molecule has 0 saturated carbocycles. The van der Waals surface area contributed by atoms with E-state index in [0.29, 0.717) is 19.5 Å². The quantitative estimate of drug-likeness (QED) is 0.911. The number of para-hydroxylation sites is 1. The minimum Gasteiger partial charge on any atom is -0.391 e. The minimum absolute atomic E-state index is 0.0672. The van der Waals surface area contributed by atoms with Crippen LogP contribution in [0.25, 0.3) is 0 Å². The Morgan fingerprint density at radius 3 is 2.96 bits per heavy atom. The van der Waals surface area contributed by atoms with Gasteiger partial charge in [-0.3, -0.25) is 9.69 Å². The van der Waals surface area contributed by atoms with Crippen molar-refractivity contribution in [3.63, 3.8) is 0 Å². The number of anilines is 1. The topological polar surface area (TPSA) is 61.6 Å². The molecule has 6 nitrogen and oxygen atoms in total. The molecule has 1 unspecified atom stereocenters. The van der Waals surface area contributed by atoms with Gasteiger partial charge in [0, 0.05) is 44.1 Å². The second-order valence-electron chi connectivity index (χ2n) is 8.03. The molecule has 0 spiro atoms. The zero-order chi connectivity index (χ0) is 18.3. The maximum atomic E-state index is 13.4. The standard InChI is InChI=1S/C20H26N4O2/c1-20(2,14-22-9-10-23-8-7-21-18(23)13-22)19(26)24-12-16(25)11-15-5-3-4-6-17(15)24/h3-8,16,25H,9-14H2,1-2H3. The number of aliphatic hydroxyl groups is 1. The monoisotopic (exact) mass is 354 g/mol. The van der Waals surface area contributed by atoms with Crippen LogP contribution in [0.15, 0.2) is 36.7 Å². The lowest BCUT2D eigenvalue weighted by Gasteiger charge is -2.40. The number of fused-ring (bicyclic) bond motifs is 2. The summed E-state index contributed by atoms with van der Waals surface area (Å²) in [5, 5.41) is 10.2. The van der Waals surface area contributed by atoms with Crippen LogP contribution in [0.4, 0.5) is 5.69 Å². The van der Waals surface area contributed by atoms with Crippen molar-refractivity contribution in [1.82, 2.24) is 14.5 Å². The molecule has 0 aliphatic carbocycles. The highest BCUT2D eigenvalue weighted by atomic mass is 16.3. The van der Waals surface area contributed by atoms with E-state index < -0.39 is 11.5 Å². The Morgan fingerprint density at radius 2 is 2.12 bits per heavy atom. The third-order valence-corrected chi connectivity index (χ3v) is 5.40. The van der Waals surface area contributed by atoms with E-state index in [1.54, 1.807) is 4.90 Å². The number of β-amino-alcohol motifs (C(OH)–C–C–N with tert-alkyl or cyclic N) is 1. The molecule has 2 aliphatic rings. The van der Waals surface area contributed by atoms with E-state index in [4.69, 9.17) is 0 Å². The lowest BCUT2D eigenvalue weighted by atomic mass is 9.88. The Morgan fingerprint density at radius 1 is 1.31 bits per heavy atom. The van der Waals surface area contributed by atoms with Gasteiger partial charge < -0.3 is 14.6 Å². The third kappa shape index (κ3) is 3.15. The Labute approximate surface area is 154 Å². The first kappa shape index (κ1) is 17.2. The molecule has 26 heavy (non-hydrogen) atoms. The molecule has 1 atom stereocenters. The van der Waals surface area contributed by atoms with E-state index in [9.17, 15) is 9.90 Å². The first-order valence-electron chi connectivity index (χ1n) is 9.24. The predicted molar refractivity (Wildman–Crippen MR) is 99.8 cm³/mol. The summed E-state index contributed by atoms with van der Waals surface area (Å²) < 4.78 is 2.17. The van der Waals surface area contributed by atoms with Gasteiger partial charge in [0.2, 0.25) is 5.91 Å². The van der Waals surface area contributed by atoms with Crippen LogP contribution in [-0.4, -0.2) is 51.2 Å². The van der Waals surface area contributed by atoms with Crippen LogP contribution in [-0.2, 0) is 24.3 Å². The minimum atomic E-state index is -0.543. The molecule has 0 saturated heterocycles. The SMILES string of the molecule is CC(C)(CN1CCn2ccnc2C1)C(=O)N1CC(O)Cc2ccccc21. The fraction of sp³-hybridized carbons (Fsp3) is 0.500. The summed E-state index contributed by atoms with van der Waals surface area (Å²) in [5.74, 6) is 1.12. The van der Waals surface area contributed by atoms with Crippen LogP contribution in [0.3, 0.4) is 0 Å². The highest BCUT2D eigenvalue weighted by molar-refractivity contribution is 5.98. The van der Waals surface area contributed by atoms with Gasteiger partial charge in [-0.2, -0.15) is 0 Å². The van der Waals surface area contributed by atoms with Crippen molar-refractivity contribution in [3.8, 4) is 0 Å². The highest BCUT2D eigenvalue weighted by Gasteiger charge is 2.38. The van der Waals surface area contributed by atoms with Crippen LogP contribution in [0, 0.1) is 5.41 Å². The number of rotatable bonds is 3. The molecule has 1 aromatic carbocycles. The second-order valence-corrected chi connectivity index (χ2v) is 8.03. The lowest BCUT2D eigenvalue weighted by molar-refractivity contribution is -0.128. The van der Waals surface area contributed by atoms with Gasteiger partial charge in [0.15, 0.2) is 0 Å². The Hall–Kier alpha value is -2.18. The van der Waals surface area contributed by atoms with E-state index in [1.807, 2.05) is 50.5 Å². The number of carbonyl (C=O) groups excluding carboxylic acids is 1. The first-order valence-corrected chi connectivity index (χ1v) is 9.24. The van der Waals surface area contributed by atoms with E-state index in [0.717, 1.165) is 36.7 Å². The molecule has 4 rings (SSSR count). The van der Waals surface area contributed by atoms with E-state index in [-0.39, 0.29) is 5.91 Å². The van der Waals surface area contributed by atoms with Crippen molar-refractivity contribution in [2.45, 2.75) is 39.5 Å². The normalized spacial score (nSPS) is 20.6. The molecule has 2 aliphatic heterocycles. The third-order valence-electron chi connectivity index (χ3n) is 5.40. The summed E-state index contributed by atoms with van der Waals surface area (Å²) in [6.07, 6.45) is 3.94. The molecule has 1 amide bonds. The van der Waals surface area contributed by atoms with Crippen molar-refractivity contribution in [1.29, 1.82) is 0 Å². The molecule has 0 fully saturated rings. The summed E-state index contributed by atoms with van der Waals surface area (Å²) in [6.45, 7) is 7.63. The summed E-state index contributed by atoms with van der Waals surface area (Å²) in [6, 6.07) is 7.89. The van der Waals surface area contributed by atoms with Crippen LogP contribution < -0.4 is 4.90 Å². The van der Waals surface area contributed by atoms with E-state index in [2.05, 4.69) is 14.5 Å². The van der Waals surface area contributed by atoms with Crippen molar-refractivity contribution >= 4 is 11.6 Å². The van der Waals surface area contributed by atoms with Crippen molar-refractivity contribution in [2.24, 2.45) is 5.41 Å². The molecular weight excluding hydrogens is 328 g/mol. The summed E-state index contributed by atoms with van der Waals surface area (Å²) in [5.41, 5.74) is 1.43. The van der Waals surface area contributed by atoms with Crippen molar-refractivity contribution in [3.05, 3.63) is 48.0 Å². The fourth-order valence-electron chi connectivity index (χ4n) is 4.12. The zero-order valence-corrected chi connectivity index (χ0v) is 15.4. The van der Waals surface area contributed by atoms with Gasteiger partial charge in [0.05, 0.1) is 24.6 Å². The molecule has 1 aromatic heterocycles. The number of nitrogens with zero attached hydrogens (tertiary/aromatic N) is 4. The molecule has 2 aromatic rings. The summed E-state index contributed by atoms with van der Waals surface area (Å²) >= 11 is 0. The average molecular weight is 354 g/mol. The summed E-state index contributed by atoms with van der Waals surface area (Å²) in [4.78, 5) is 21.8. The number of aromatic nitrogens is 2. The number of carbonyl (C=O) groups is 1.